The second-order valence-corrected chi connectivity index (χ2v) is 8.50. The molecule has 5 atom stereocenters. The maximum Gasteiger partial charge on any atom is -0.0295 e. The molecule has 1 rings (SSSR count). The van der Waals surface area contributed by atoms with Gasteiger partial charge in [0, 0.05) is 0 Å². The first kappa shape index (κ1) is 19.0. The highest BCUT2D eigenvalue weighted by atomic mass is 14.4. The Hall–Kier alpha value is 0. The van der Waals surface area contributed by atoms with E-state index < -0.39 is 0 Å². The van der Waals surface area contributed by atoms with E-state index in [0.717, 1.165) is 23.7 Å². The topological polar surface area (TPSA) is 0 Å². The maximum absolute atomic E-state index is 2.60. The smallest absolute Gasteiger partial charge is 0.0295 e. The third-order valence-corrected chi connectivity index (χ3v) is 6.60. The first-order valence-corrected chi connectivity index (χ1v) is 9.96. The van der Waals surface area contributed by atoms with Crippen LogP contribution in [0.3, 0.4) is 0 Å². The fourth-order valence-corrected chi connectivity index (χ4v) is 5.10. The van der Waals surface area contributed by atoms with Crippen molar-refractivity contribution in [3.05, 3.63) is 0 Å². The molecule has 0 aliphatic heterocycles. The third-order valence-electron chi connectivity index (χ3n) is 6.60. The van der Waals surface area contributed by atoms with E-state index >= 15 is 0 Å². The van der Waals surface area contributed by atoms with Crippen molar-refractivity contribution in [1.82, 2.24) is 0 Å². The molecule has 1 saturated carbocycles. The van der Waals surface area contributed by atoms with E-state index in [1.54, 1.807) is 0 Å². The third kappa shape index (κ3) is 5.61. The summed E-state index contributed by atoms with van der Waals surface area (Å²) in [5.74, 6) is 3.84. The fourth-order valence-electron chi connectivity index (χ4n) is 5.10. The molecule has 0 heterocycles. The maximum atomic E-state index is 2.60. The molecular weight excluding hydrogens is 252 g/mol. The molecule has 0 aromatic rings. The van der Waals surface area contributed by atoms with Crippen LogP contribution in [0.2, 0.25) is 0 Å². The summed E-state index contributed by atoms with van der Waals surface area (Å²) >= 11 is 0. The van der Waals surface area contributed by atoms with Gasteiger partial charge in [-0.25, -0.2) is 0 Å². The van der Waals surface area contributed by atoms with Gasteiger partial charge >= 0.3 is 0 Å². The van der Waals surface area contributed by atoms with Gasteiger partial charge in [-0.3, -0.25) is 0 Å². The molecular formula is C21H42. The number of hydrogen-bond acceptors (Lipinski definition) is 0. The molecule has 21 heavy (non-hydrogen) atoms. The van der Waals surface area contributed by atoms with Gasteiger partial charge in [-0.15, -0.1) is 0 Å². The molecule has 0 nitrogen and oxygen atoms in total. The molecule has 0 spiro atoms. The summed E-state index contributed by atoms with van der Waals surface area (Å²) in [5.41, 5.74) is 0.654. The van der Waals surface area contributed by atoms with Gasteiger partial charge in [-0.1, -0.05) is 86.5 Å². The molecule has 126 valence electrons. The van der Waals surface area contributed by atoms with E-state index in [1.165, 1.54) is 64.2 Å². The van der Waals surface area contributed by atoms with E-state index in [9.17, 15) is 0 Å². The van der Waals surface area contributed by atoms with Crippen LogP contribution in [-0.4, -0.2) is 0 Å². The lowest BCUT2D eigenvalue weighted by atomic mass is 9.69. The van der Waals surface area contributed by atoms with Crippen LogP contribution >= 0.6 is 0 Å². The highest BCUT2D eigenvalue weighted by Crippen LogP contribution is 2.50. The van der Waals surface area contributed by atoms with Gasteiger partial charge in [-0.05, 0) is 48.3 Å². The van der Waals surface area contributed by atoms with Crippen molar-refractivity contribution in [1.29, 1.82) is 0 Å². The van der Waals surface area contributed by atoms with E-state index in [0.29, 0.717) is 5.41 Å². The van der Waals surface area contributed by atoms with E-state index in [-0.39, 0.29) is 0 Å². The van der Waals surface area contributed by atoms with Crippen LogP contribution in [0.25, 0.3) is 0 Å². The van der Waals surface area contributed by atoms with Crippen molar-refractivity contribution in [3.63, 3.8) is 0 Å². The molecule has 0 aromatic heterocycles. The fraction of sp³-hybridized carbons (Fsp3) is 1.00. The summed E-state index contributed by atoms with van der Waals surface area (Å²) in [6.07, 6.45) is 14.4. The Labute approximate surface area is 135 Å². The number of hydrogen-bond donors (Lipinski definition) is 0. The summed E-state index contributed by atoms with van der Waals surface area (Å²) < 4.78 is 0. The van der Waals surface area contributed by atoms with Gasteiger partial charge in [0.15, 0.2) is 0 Å². The monoisotopic (exact) mass is 294 g/mol. The van der Waals surface area contributed by atoms with Crippen molar-refractivity contribution in [3.8, 4) is 0 Å². The Balaban J connectivity index is 2.54. The minimum absolute atomic E-state index is 0.654. The van der Waals surface area contributed by atoms with E-state index in [1.807, 2.05) is 0 Å². The Morgan fingerprint density at radius 2 is 1.67 bits per heavy atom. The molecule has 0 radical (unpaired) electrons. The van der Waals surface area contributed by atoms with E-state index in [4.69, 9.17) is 0 Å². The molecule has 0 N–H and O–H groups in total. The SMILES string of the molecule is CCCC(CC)C(C)CCC(CCC)C1(C)CCC(C)C1. The minimum Gasteiger partial charge on any atom is -0.0654 e. The predicted molar refractivity (Wildman–Crippen MR) is 96.6 cm³/mol. The zero-order chi connectivity index (χ0) is 15.9. The lowest BCUT2D eigenvalue weighted by Gasteiger charge is -2.36. The molecule has 1 aliphatic carbocycles. The molecule has 0 heteroatoms. The summed E-state index contributed by atoms with van der Waals surface area (Å²) in [6, 6.07) is 0. The molecule has 0 bridgehead atoms. The van der Waals surface area contributed by atoms with Crippen molar-refractivity contribution in [2.24, 2.45) is 29.1 Å². The lowest BCUT2D eigenvalue weighted by Crippen LogP contribution is -2.26. The summed E-state index contributed by atoms with van der Waals surface area (Å²) in [5, 5.41) is 0. The second kappa shape index (κ2) is 9.21. The summed E-state index contributed by atoms with van der Waals surface area (Å²) in [6.45, 7) is 14.7. The molecule has 1 aliphatic rings. The van der Waals surface area contributed by atoms with Crippen LogP contribution in [0.15, 0.2) is 0 Å². The molecule has 0 aromatic carbocycles. The van der Waals surface area contributed by atoms with Crippen LogP contribution in [0.4, 0.5) is 0 Å². The predicted octanol–water partition coefficient (Wildman–Crippen LogP) is 7.47. The van der Waals surface area contributed by atoms with Crippen LogP contribution in [0.1, 0.15) is 106 Å². The quantitative estimate of drug-likeness (QED) is 0.392. The van der Waals surface area contributed by atoms with Gasteiger partial charge in [0.2, 0.25) is 0 Å². The highest BCUT2D eigenvalue weighted by molar-refractivity contribution is 4.89. The molecule has 1 fully saturated rings. The Morgan fingerprint density at radius 1 is 1.00 bits per heavy atom. The average Bonchev–Trinajstić information content (AvgIpc) is 2.81. The second-order valence-electron chi connectivity index (χ2n) is 8.50. The average molecular weight is 295 g/mol. The van der Waals surface area contributed by atoms with Crippen LogP contribution in [0, 0.1) is 29.1 Å². The summed E-state index contributed by atoms with van der Waals surface area (Å²) in [7, 11) is 0. The standard InChI is InChI=1S/C21H42/c1-7-10-19(9-3)18(5)12-13-20(11-8-2)21(6)15-14-17(4)16-21/h17-20H,7-16H2,1-6H3. The Morgan fingerprint density at radius 3 is 2.14 bits per heavy atom. The van der Waals surface area contributed by atoms with Crippen molar-refractivity contribution < 1.29 is 0 Å². The minimum atomic E-state index is 0.654. The lowest BCUT2D eigenvalue weighted by molar-refractivity contribution is 0.146. The molecule has 5 unspecified atom stereocenters. The Bertz CT molecular complexity index is 269. The van der Waals surface area contributed by atoms with E-state index in [2.05, 4.69) is 41.5 Å². The van der Waals surface area contributed by atoms with Crippen molar-refractivity contribution in [2.75, 3.05) is 0 Å². The normalized spacial score (nSPS) is 30.3. The zero-order valence-electron chi connectivity index (χ0n) is 15.9. The van der Waals surface area contributed by atoms with Crippen molar-refractivity contribution >= 4 is 0 Å². The van der Waals surface area contributed by atoms with Gasteiger partial charge in [0.05, 0.1) is 0 Å². The van der Waals surface area contributed by atoms with Crippen molar-refractivity contribution in [2.45, 2.75) is 106 Å². The van der Waals surface area contributed by atoms with Gasteiger partial charge < -0.3 is 0 Å². The van der Waals surface area contributed by atoms with Crippen LogP contribution < -0.4 is 0 Å². The molecule has 0 amide bonds. The van der Waals surface area contributed by atoms with Gasteiger partial charge in [0.25, 0.3) is 0 Å². The van der Waals surface area contributed by atoms with Gasteiger partial charge in [-0.2, -0.15) is 0 Å². The van der Waals surface area contributed by atoms with Gasteiger partial charge in [0.1, 0.15) is 0 Å². The number of rotatable bonds is 10. The zero-order valence-corrected chi connectivity index (χ0v) is 15.9. The highest BCUT2D eigenvalue weighted by Gasteiger charge is 2.39. The van der Waals surface area contributed by atoms with Crippen LogP contribution in [-0.2, 0) is 0 Å². The molecule has 0 saturated heterocycles. The Kier molecular flexibility index (Phi) is 8.35. The first-order valence-electron chi connectivity index (χ1n) is 9.96. The summed E-state index contributed by atoms with van der Waals surface area (Å²) in [4.78, 5) is 0. The largest absolute Gasteiger partial charge is 0.0654 e. The van der Waals surface area contributed by atoms with Crippen LogP contribution in [0.5, 0.6) is 0 Å². The first-order chi connectivity index (χ1) is 9.96.